The summed E-state index contributed by atoms with van der Waals surface area (Å²) in [7, 11) is 1.82. The molecule has 3 nitrogen and oxygen atoms in total. The number of nitrogens with two attached hydrogens (primary N) is 1. The molecule has 0 spiro atoms. The van der Waals surface area contributed by atoms with Crippen molar-refractivity contribution >= 4 is 0 Å². The lowest BCUT2D eigenvalue weighted by molar-refractivity contribution is -0.137. The van der Waals surface area contributed by atoms with Crippen molar-refractivity contribution < 1.29 is 9.47 Å². The zero-order chi connectivity index (χ0) is 14.4. The van der Waals surface area contributed by atoms with Crippen molar-refractivity contribution in [1.29, 1.82) is 0 Å². The number of methoxy groups -OCH3 is 1. The molecule has 0 heterocycles. The Hall–Kier alpha value is -0.120. The lowest BCUT2D eigenvalue weighted by atomic mass is 9.76. The maximum atomic E-state index is 6.52. The quantitative estimate of drug-likeness (QED) is 0.809. The van der Waals surface area contributed by atoms with Crippen molar-refractivity contribution in [2.24, 2.45) is 11.7 Å². The minimum atomic E-state index is -0.0372. The summed E-state index contributed by atoms with van der Waals surface area (Å²) >= 11 is 0. The fraction of sp³-hybridized carbons (Fsp3) is 1.00. The third kappa shape index (κ3) is 4.19. The molecule has 118 valence electrons. The minimum absolute atomic E-state index is 0.0372. The molecular weight excluding hydrogens is 250 g/mol. The van der Waals surface area contributed by atoms with Crippen LogP contribution in [0, 0.1) is 5.92 Å². The highest BCUT2D eigenvalue weighted by molar-refractivity contribution is 4.90. The average molecular weight is 283 g/mol. The summed E-state index contributed by atoms with van der Waals surface area (Å²) in [5.41, 5.74) is 6.05. The molecule has 0 aromatic heterocycles. The van der Waals surface area contributed by atoms with Crippen molar-refractivity contribution in [3.05, 3.63) is 0 Å². The maximum Gasteiger partial charge on any atom is 0.0808 e. The molecule has 2 fully saturated rings. The average Bonchev–Trinajstić information content (AvgIpc) is 2.50. The first-order valence-electron chi connectivity index (χ1n) is 8.62. The fourth-order valence-corrected chi connectivity index (χ4v) is 4.05. The van der Waals surface area contributed by atoms with E-state index in [9.17, 15) is 0 Å². The van der Waals surface area contributed by atoms with Gasteiger partial charge in [-0.05, 0) is 57.3 Å². The normalized spacial score (nSPS) is 38.9. The third-order valence-electron chi connectivity index (χ3n) is 5.41. The first-order chi connectivity index (χ1) is 9.71. The van der Waals surface area contributed by atoms with Gasteiger partial charge in [0, 0.05) is 13.7 Å². The Labute approximate surface area is 124 Å². The second-order valence-corrected chi connectivity index (χ2v) is 6.88. The molecule has 3 heteroatoms. The minimum Gasteiger partial charge on any atom is -0.381 e. The predicted octanol–water partition coefficient (Wildman–Crippen LogP) is 3.65. The van der Waals surface area contributed by atoms with E-state index in [4.69, 9.17) is 15.2 Å². The summed E-state index contributed by atoms with van der Waals surface area (Å²) in [5, 5.41) is 0. The van der Waals surface area contributed by atoms with Gasteiger partial charge in [0.05, 0.1) is 17.8 Å². The van der Waals surface area contributed by atoms with E-state index in [1.807, 2.05) is 7.11 Å². The molecule has 2 unspecified atom stereocenters. The zero-order valence-electron chi connectivity index (χ0n) is 13.4. The molecule has 0 bridgehead atoms. The van der Waals surface area contributed by atoms with Crippen molar-refractivity contribution in [3.63, 3.8) is 0 Å². The van der Waals surface area contributed by atoms with Crippen LogP contribution in [-0.2, 0) is 9.47 Å². The van der Waals surface area contributed by atoms with Crippen LogP contribution in [0.3, 0.4) is 0 Å². The number of hydrogen-bond acceptors (Lipinski definition) is 3. The lowest BCUT2D eigenvalue weighted by Crippen LogP contribution is -2.47. The fourth-order valence-electron chi connectivity index (χ4n) is 4.05. The van der Waals surface area contributed by atoms with Gasteiger partial charge >= 0.3 is 0 Å². The molecule has 20 heavy (non-hydrogen) atoms. The van der Waals surface area contributed by atoms with Crippen molar-refractivity contribution in [3.8, 4) is 0 Å². The van der Waals surface area contributed by atoms with E-state index >= 15 is 0 Å². The third-order valence-corrected chi connectivity index (χ3v) is 5.41. The number of rotatable bonds is 6. The van der Waals surface area contributed by atoms with Gasteiger partial charge in [-0.15, -0.1) is 0 Å². The first-order valence-corrected chi connectivity index (χ1v) is 8.62. The van der Waals surface area contributed by atoms with Crippen LogP contribution in [-0.4, -0.2) is 31.5 Å². The molecular formula is C17H33NO2. The van der Waals surface area contributed by atoms with Gasteiger partial charge in [0.15, 0.2) is 0 Å². The van der Waals surface area contributed by atoms with Crippen LogP contribution in [0.25, 0.3) is 0 Å². The second kappa shape index (κ2) is 7.77. The van der Waals surface area contributed by atoms with Crippen molar-refractivity contribution in [1.82, 2.24) is 0 Å². The van der Waals surface area contributed by atoms with E-state index < -0.39 is 0 Å². The monoisotopic (exact) mass is 283 g/mol. The molecule has 0 amide bonds. The van der Waals surface area contributed by atoms with Crippen molar-refractivity contribution in [2.45, 2.75) is 88.9 Å². The van der Waals surface area contributed by atoms with Crippen molar-refractivity contribution in [2.75, 3.05) is 13.7 Å². The number of ether oxygens (including phenoxy) is 2. The Morgan fingerprint density at radius 2 is 1.80 bits per heavy atom. The van der Waals surface area contributed by atoms with Crippen LogP contribution in [0.2, 0.25) is 0 Å². The van der Waals surface area contributed by atoms with Gasteiger partial charge < -0.3 is 15.2 Å². The highest BCUT2D eigenvalue weighted by atomic mass is 16.5. The van der Waals surface area contributed by atoms with Gasteiger partial charge in [-0.2, -0.15) is 0 Å². The molecule has 0 radical (unpaired) electrons. The smallest absolute Gasteiger partial charge is 0.0808 e. The molecule has 0 aliphatic heterocycles. The van der Waals surface area contributed by atoms with E-state index in [0.717, 1.165) is 25.2 Å². The maximum absolute atomic E-state index is 6.52. The van der Waals surface area contributed by atoms with Gasteiger partial charge in [0.1, 0.15) is 0 Å². The Morgan fingerprint density at radius 1 is 1.10 bits per heavy atom. The van der Waals surface area contributed by atoms with Crippen LogP contribution in [0.5, 0.6) is 0 Å². The van der Waals surface area contributed by atoms with Crippen LogP contribution < -0.4 is 5.73 Å². The molecule has 2 aliphatic rings. The Bertz CT molecular complexity index is 274. The predicted molar refractivity (Wildman–Crippen MR) is 82.8 cm³/mol. The molecule has 2 aliphatic carbocycles. The Kier molecular flexibility index (Phi) is 6.31. The molecule has 0 aromatic rings. The summed E-state index contributed by atoms with van der Waals surface area (Å²) in [4.78, 5) is 0. The topological polar surface area (TPSA) is 44.5 Å². The van der Waals surface area contributed by atoms with E-state index in [1.54, 1.807) is 0 Å². The first kappa shape index (κ1) is 16.3. The molecule has 2 N–H and O–H groups in total. The zero-order valence-corrected chi connectivity index (χ0v) is 13.4. The van der Waals surface area contributed by atoms with Gasteiger partial charge in [0.2, 0.25) is 0 Å². The van der Waals surface area contributed by atoms with E-state index in [2.05, 4.69) is 6.92 Å². The number of hydrogen-bond donors (Lipinski definition) is 1. The van der Waals surface area contributed by atoms with Gasteiger partial charge in [-0.3, -0.25) is 0 Å². The molecule has 0 aromatic carbocycles. The van der Waals surface area contributed by atoms with Crippen LogP contribution in [0.15, 0.2) is 0 Å². The van der Waals surface area contributed by atoms with Gasteiger partial charge in [-0.1, -0.05) is 19.8 Å². The van der Waals surface area contributed by atoms with E-state index in [-0.39, 0.29) is 5.60 Å². The van der Waals surface area contributed by atoms with Gasteiger partial charge in [0.25, 0.3) is 0 Å². The van der Waals surface area contributed by atoms with E-state index in [0.29, 0.717) is 18.8 Å². The molecule has 2 atom stereocenters. The Balaban J connectivity index is 1.85. The summed E-state index contributed by atoms with van der Waals surface area (Å²) in [6.07, 6.45) is 13.0. The molecule has 2 rings (SSSR count). The highest BCUT2D eigenvalue weighted by Gasteiger charge is 2.38. The van der Waals surface area contributed by atoms with E-state index in [1.165, 1.54) is 44.9 Å². The molecule has 0 saturated heterocycles. The van der Waals surface area contributed by atoms with Crippen LogP contribution in [0.4, 0.5) is 0 Å². The highest BCUT2D eigenvalue weighted by Crippen LogP contribution is 2.38. The van der Waals surface area contributed by atoms with Crippen LogP contribution in [0.1, 0.15) is 71.1 Å². The van der Waals surface area contributed by atoms with Crippen LogP contribution >= 0.6 is 0 Å². The summed E-state index contributed by atoms with van der Waals surface area (Å²) in [6.45, 7) is 2.97. The summed E-state index contributed by atoms with van der Waals surface area (Å²) in [5.74, 6) is 0.904. The molecule has 2 saturated carbocycles. The Morgan fingerprint density at radius 3 is 2.40 bits per heavy atom. The summed E-state index contributed by atoms with van der Waals surface area (Å²) < 4.78 is 12.0. The largest absolute Gasteiger partial charge is 0.381 e. The second-order valence-electron chi connectivity index (χ2n) is 6.88. The van der Waals surface area contributed by atoms with Gasteiger partial charge in [-0.25, -0.2) is 0 Å². The lowest BCUT2D eigenvalue weighted by Gasteiger charge is -2.43. The SMILES string of the molecule is CCCC1CCC(CN)(OC2CCCC(OC)C2)CC1. The summed E-state index contributed by atoms with van der Waals surface area (Å²) in [6, 6.07) is 0. The standard InChI is InChI=1S/C17H33NO2/c1-3-5-14-8-10-17(13-18,11-9-14)20-16-7-4-6-15(12-16)19-2/h14-16H,3-13,18H2,1-2H3.